The van der Waals surface area contributed by atoms with Crippen LogP contribution in [0.4, 0.5) is 5.13 Å². The summed E-state index contributed by atoms with van der Waals surface area (Å²) in [7, 11) is 0. The first-order valence-corrected chi connectivity index (χ1v) is 5.85. The van der Waals surface area contributed by atoms with Gasteiger partial charge >= 0.3 is 0 Å². The number of carbonyl (C=O) groups is 1. The van der Waals surface area contributed by atoms with Gasteiger partial charge in [-0.15, -0.1) is 11.3 Å². The van der Waals surface area contributed by atoms with Gasteiger partial charge in [-0.2, -0.15) is 5.10 Å². The summed E-state index contributed by atoms with van der Waals surface area (Å²) in [4.78, 5) is 15.9. The predicted octanol–water partition coefficient (Wildman–Crippen LogP) is 2.27. The van der Waals surface area contributed by atoms with Gasteiger partial charge in [-0.3, -0.25) is 15.2 Å². The third-order valence-electron chi connectivity index (χ3n) is 2.36. The molecule has 0 aliphatic carbocycles. The molecule has 0 aliphatic heterocycles. The smallest absolute Gasteiger partial charge is 0.257 e. The van der Waals surface area contributed by atoms with Gasteiger partial charge in [0.05, 0.1) is 11.7 Å². The van der Waals surface area contributed by atoms with Crippen molar-refractivity contribution in [3.8, 4) is 0 Å². The molecule has 6 heteroatoms. The fourth-order valence-electron chi connectivity index (χ4n) is 1.54. The van der Waals surface area contributed by atoms with Crippen LogP contribution in [-0.2, 0) is 0 Å². The summed E-state index contributed by atoms with van der Waals surface area (Å²) in [5, 5.41) is 12.8. The van der Waals surface area contributed by atoms with Gasteiger partial charge in [-0.25, -0.2) is 4.98 Å². The number of nitrogens with one attached hydrogen (secondary N) is 2. The second kappa shape index (κ2) is 3.99. The number of amides is 1. The number of fused-ring (bicyclic) bond motifs is 1. The summed E-state index contributed by atoms with van der Waals surface area (Å²) in [6.07, 6.45) is 3.34. The summed E-state index contributed by atoms with van der Waals surface area (Å²) in [5.41, 5.74) is 1.50. The van der Waals surface area contributed by atoms with E-state index in [0.717, 1.165) is 10.9 Å². The Bertz CT molecular complexity index is 659. The summed E-state index contributed by atoms with van der Waals surface area (Å²) in [6, 6.07) is 5.38. The number of aromatic nitrogens is 3. The van der Waals surface area contributed by atoms with Crippen molar-refractivity contribution in [2.24, 2.45) is 0 Å². The van der Waals surface area contributed by atoms with Crippen molar-refractivity contribution < 1.29 is 4.79 Å². The van der Waals surface area contributed by atoms with E-state index in [4.69, 9.17) is 0 Å². The molecule has 0 radical (unpaired) electrons. The first-order chi connectivity index (χ1) is 8.33. The second-order valence-corrected chi connectivity index (χ2v) is 4.36. The van der Waals surface area contributed by atoms with E-state index in [9.17, 15) is 4.79 Å². The number of nitrogens with zero attached hydrogens (tertiary/aromatic N) is 2. The molecule has 0 saturated carbocycles. The standard InChI is InChI=1S/C11H8N4OS/c16-10(14-11-12-3-4-17-11)7-1-2-9-8(5-7)6-13-15-9/h1-6H,(H,13,15)(H,12,14,16). The Morgan fingerprint density at radius 1 is 1.41 bits per heavy atom. The maximum absolute atomic E-state index is 11.9. The Balaban J connectivity index is 1.90. The van der Waals surface area contributed by atoms with Gasteiger partial charge in [0.2, 0.25) is 0 Å². The van der Waals surface area contributed by atoms with Crippen LogP contribution in [0.15, 0.2) is 36.0 Å². The summed E-state index contributed by atoms with van der Waals surface area (Å²) < 4.78 is 0. The number of benzene rings is 1. The van der Waals surface area contributed by atoms with E-state index in [1.165, 1.54) is 11.3 Å². The van der Waals surface area contributed by atoms with Crippen LogP contribution in [0, 0.1) is 0 Å². The lowest BCUT2D eigenvalue weighted by Crippen LogP contribution is -2.11. The minimum absolute atomic E-state index is 0.164. The number of rotatable bonds is 2. The van der Waals surface area contributed by atoms with Gasteiger partial charge in [0.1, 0.15) is 0 Å². The summed E-state index contributed by atoms with van der Waals surface area (Å²) in [6.45, 7) is 0. The average molecular weight is 244 g/mol. The lowest BCUT2D eigenvalue weighted by atomic mass is 10.1. The van der Waals surface area contributed by atoms with Crippen molar-refractivity contribution >= 4 is 33.3 Å². The molecule has 3 rings (SSSR count). The van der Waals surface area contributed by atoms with Crippen LogP contribution in [-0.4, -0.2) is 21.1 Å². The largest absolute Gasteiger partial charge is 0.298 e. The van der Waals surface area contributed by atoms with E-state index in [-0.39, 0.29) is 5.91 Å². The number of hydrogen-bond donors (Lipinski definition) is 2. The predicted molar refractivity (Wildman–Crippen MR) is 66.2 cm³/mol. The van der Waals surface area contributed by atoms with Gasteiger partial charge in [0.15, 0.2) is 5.13 Å². The van der Waals surface area contributed by atoms with Crippen molar-refractivity contribution in [2.45, 2.75) is 0 Å². The van der Waals surface area contributed by atoms with E-state index in [2.05, 4.69) is 20.5 Å². The quantitative estimate of drug-likeness (QED) is 0.726. The molecular formula is C11H8N4OS. The lowest BCUT2D eigenvalue weighted by Gasteiger charge is -2.01. The molecule has 1 amide bonds. The first kappa shape index (κ1) is 9.98. The normalized spacial score (nSPS) is 10.6. The minimum Gasteiger partial charge on any atom is -0.298 e. The minimum atomic E-state index is -0.164. The van der Waals surface area contributed by atoms with Crippen molar-refractivity contribution in [3.05, 3.63) is 41.5 Å². The van der Waals surface area contributed by atoms with Crippen molar-refractivity contribution in [3.63, 3.8) is 0 Å². The van der Waals surface area contributed by atoms with Crippen molar-refractivity contribution in [2.75, 3.05) is 5.32 Å². The highest BCUT2D eigenvalue weighted by atomic mass is 32.1. The molecule has 0 saturated heterocycles. The Kier molecular flexibility index (Phi) is 2.34. The average Bonchev–Trinajstić information content (AvgIpc) is 2.97. The van der Waals surface area contributed by atoms with Crippen molar-refractivity contribution in [1.82, 2.24) is 15.2 Å². The topological polar surface area (TPSA) is 70.7 Å². The van der Waals surface area contributed by atoms with Gasteiger partial charge in [0, 0.05) is 22.5 Å². The monoisotopic (exact) mass is 244 g/mol. The zero-order valence-corrected chi connectivity index (χ0v) is 9.49. The van der Waals surface area contributed by atoms with Crippen molar-refractivity contribution in [1.29, 1.82) is 0 Å². The van der Waals surface area contributed by atoms with E-state index < -0.39 is 0 Å². The maximum atomic E-state index is 11.9. The van der Waals surface area contributed by atoms with Crippen LogP contribution in [0.5, 0.6) is 0 Å². The molecule has 0 unspecified atom stereocenters. The van der Waals surface area contributed by atoms with Crippen LogP contribution < -0.4 is 5.32 Å². The maximum Gasteiger partial charge on any atom is 0.257 e. The fraction of sp³-hybridized carbons (Fsp3) is 0. The second-order valence-electron chi connectivity index (χ2n) is 3.46. The van der Waals surface area contributed by atoms with Gasteiger partial charge in [0.25, 0.3) is 5.91 Å². The van der Waals surface area contributed by atoms with Gasteiger partial charge < -0.3 is 0 Å². The van der Waals surface area contributed by atoms with Gasteiger partial charge in [-0.1, -0.05) is 0 Å². The van der Waals surface area contributed by atoms with Crippen LogP contribution in [0.25, 0.3) is 10.9 Å². The van der Waals surface area contributed by atoms with E-state index in [1.807, 2.05) is 11.4 Å². The van der Waals surface area contributed by atoms with Gasteiger partial charge in [-0.05, 0) is 18.2 Å². The number of hydrogen-bond acceptors (Lipinski definition) is 4. The Morgan fingerprint density at radius 2 is 2.35 bits per heavy atom. The third kappa shape index (κ3) is 1.90. The fourth-order valence-corrected chi connectivity index (χ4v) is 2.06. The third-order valence-corrected chi connectivity index (χ3v) is 3.04. The molecule has 0 atom stereocenters. The molecule has 17 heavy (non-hydrogen) atoms. The van der Waals surface area contributed by atoms with E-state index >= 15 is 0 Å². The van der Waals surface area contributed by atoms with Crippen LogP contribution in [0.2, 0.25) is 0 Å². The summed E-state index contributed by atoms with van der Waals surface area (Å²) >= 11 is 1.39. The molecule has 0 bridgehead atoms. The number of thiazole rings is 1. The van der Waals surface area contributed by atoms with E-state index in [1.54, 1.807) is 24.5 Å². The Labute approximate surface area is 101 Å². The highest BCUT2D eigenvalue weighted by molar-refractivity contribution is 7.13. The Hall–Kier alpha value is -2.21. The lowest BCUT2D eigenvalue weighted by molar-refractivity contribution is 0.102. The number of carbonyl (C=O) groups excluding carboxylic acids is 1. The molecule has 0 spiro atoms. The molecule has 0 aliphatic rings. The van der Waals surface area contributed by atoms with E-state index in [0.29, 0.717) is 10.7 Å². The van der Waals surface area contributed by atoms with Crippen LogP contribution in [0.3, 0.4) is 0 Å². The number of H-pyrrole nitrogens is 1. The summed E-state index contributed by atoms with van der Waals surface area (Å²) in [5.74, 6) is -0.164. The zero-order valence-electron chi connectivity index (χ0n) is 8.68. The molecule has 5 nitrogen and oxygen atoms in total. The molecule has 84 valence electrons. The van der Waals surface area contributed by atoms with Crippen LogP contribution >= 0.6 is 11.3 Å². The Morgan fingerprint density at radius 3 is 3.18 bits per heavy atom. The molecule has 0 fully saturated rings. The SMILES string of the molecule is O=C(Nc1nccs1)c1ccc2[nH]ncc2c1. The highest BCUT2D eigenvalue weighted by Gasteiger charge is 2.08. The molecular weight excluding hydrogens is 236 g/mol. The molecule has 2 aromatic heterocycles. The number of aromatic amines is 1. The highest BCUT2D eigenvalue weighted by Crippen LogP contribution is 2.16. The molecule has 2 N–H and O–H groups in total. The van der Waals surface area contributed by atoms with Crippen LogP contribution in [0.1, 0.15) is 10.4 Å². The zero-order chi connectivity index (χ0) is 11.7. The number of anilines is 1. The molecule has 1 aromatic carbocycles. The molecule has 2 heterocycles. The molecule has 3 aromatic rings. The first-order valence-electron chi connectivity index (χ1n) is 4.97.